The van der Waals surface area contributed by atoms with E-state index in [4.69, 9.17) is 27.9 Å². The Bertz CT molecular complexity index is 1210. The third-order valence-corrected chi connectivity index (χ3v) is 6.16. The van der Waals surface area contributed by atoms with Gasteiger partial charge in [0.15, 0.2) is 0 Å². The van der Waals surface area contributed by atoms with Gasteiger partial charge in [-0.05, 0) is 97.9 Å². The number of hydrogen-bond donors (Lipinski definition) is 1. The summed E-state index contributed by atoms with van der Waals surface area (Å²) in [5, 5.41) is 13.3. The number of nitrogens with zero attached hydrogens (tertiary/aromatic N) is 1. The molecule has 3 aromatic carbocycles. The van der Waals surface area contributed by atoms with Crippen LogP contribution in [0.15, 0.2) is 69.1 Å². The van der Waals surface area contributed by atoms with Gasteiger partial charge in [-0.2, -0.15) is 5.26 Å². The van der Waals surface area contributed by atoms with Crippen LogP contribution in [0, 0.1) is 18.3 Å². The first-order valence-electron chi connectivity index (χ1n) is 9.32. The summed E-state index contributed by atoms with van der Waals surface area (Å²) in [6.07, 6.45) is 1.47. The molecule has 1 amide bonds. The molecule has 0 fully saturated rings. The molecule has 8 heteroatoms. The van der Waals surface area contributed by atoms with Crippen LogP contribution in [0.1, 0.15) is 16.7 Å². The molecular formula is C24H16Br2Cl2N2O2. The van der Waals surface area contributed by atoms with Gasteiger partial charge in [0.25, 0.3) is 5.91 Å². The molecule has 32 heavy (non-hydrogen) atoms. The molecule has 0 aliphatic heterocycles. The number of carbonyl (C=O) groups is 1. The van der Waals surface area contributed by atoms with Crippen LogP contribution < -0.4 is 10.1 Å². The Balaban J connectivity index is 1.74. The molecule has 1 N–H and O–H groups in total. The average Bonchev–Trinajstić information content (AvgIpc) is 2.75. The lowest BCUT2D eigenvalue weighted by molar-refractivity contribution is -0.112. The minimum Gasteiger partial charge on any atom is -0.487 e. The Morgan fingerprint density at radius 1 is 1.09 bits per heavy atom. The van der Waals surface area contributed by atoms with E-state index in [1.54, 1.807) is 30.3 Å². The summed E-state index contributed by atoms with van der Waals surface area (Å²) >= 11 is 19.1. The van der Waals surface area contributed by atoms with Crippen molar-refractivity contribution in [3.05, 3.63) is 95.9 Å². The van der Waals surface area contributed by atoms with E-state index in [0.29, 0.717) is 42.6 Å². The van der Waals surface area contributed by atoms with Crippen molar-refractivity contribution in [2.75, 3.05) is 5.32 Å². The summed E-state index contributed by atoms with van der Waals surface area (Å²) < 4.78 is 7.18. The highest BCUT2D eigenvalue weighted by molar-refractivity contribution is 9.11. The molecule has 0 atom stereocenters. The molecule has 0 radical (unpaired) electrons. The van der Waals surface area contributed by atoms with Crippen LogP contribution in [-0.2, 0) is 11.4 Å². The number of nitriles is 1. The minimum absolute atomic E-state index is 0.0599. The van der Waals surface area contributed by atoms with Gasteiger partial charge in [-0.1, -0.05) is 41.4 Å². The second-order valence-corrected chi connectivity index (χ2v) is 9.38. The van der Waals surface area contributed by atoms with Gasteiger partial charge in [-0.3, -0.25) is 4.79 Å². The highest BCUT2D eigenvalue weighted by Crippen LogP contribution is 2.33. The number of anilines is 1. The molecule has 0 saturated carbocycles. The first kappa shape index (κ1) is 24.3. The van der Waals surface area contributed by atoms with E-state index in [9.17, 15) is 10.1 Å². The Kier molecular flexibility index (Phi) is 8.38. The smallest absolute Gasteiger partial charge is 0.266 e. The third kappa shape index (κ3) is 6.36. The second-order valence-electron chi connectivity index (χ2n) is 6.83. The number of hydrogen-bond acceptors (Lipinski definition) is 3. The molecule has 162 valence electrons. The highest BCUT2D eigenvalue weighted by atomic mass is 79.9. The van der Waals surface area contributed by atoms with E-state index in [1.807, 2.05) is 37.3 Å². The third-order valence-electron chi connectivity index (χ3n) is 4.36. The summed E-state index contributed by atoms with van der Waals surface area (Å²) in [6.45, 7) is 2.27. The van der Waals surface area contributed by atoms with Crippen molar-refractivity contribution < 1.29 is 9.53 Å². The maximum absolute atomic E-state index is 12.7. The molecule has 0 bridgehead atoms. The van der Waals surface area contributed by atoms with E-state index < -0.39 is 5.91 Å². The zero-order valence-corrected chi connectivity index (χ0v) is 21.4. The van der Waals surface area contributed by atoms with Crippen LogP contribution in [0.25, 0.3) is 6.08 Å². The Labute approximate surface area is 213 Å². The monoisotopic (exact) mass is 592 g/mol. The fourth-order valence-corrected chi connectivity index (χ4v) is 4.76. The van der Waals surface area contributed by atoms with E-state index in [2.05, 4.69) is 37.2 Å². The van der Waals surface area contributed by atoms with Crippen molar-refractivity contribution in [2.24, 2.45) is 0 Å². The van der Waals surface area contributed by atoms with Crippen LogP contribution >= 0.6 is 55.1 Å². The van der Waals surface area contributed by atoms with Gasteiger partial charge in [0.1, 0.15) is 24.0 Å². The molecule has 0 spiro atoms. The molecule has 0 aliphatic rings. The standard InChI is InChI=1S/C24H16Br2Cl2N2O2/c1-14-8-19(25)23(20(26)9-14)30-24(31)17(12-29)10-16-4-7-22(21(28)11-16)32-13-15-2-5-18(27)6-3-15/h2-11H,13H2,1H3,(H,30,31)/b17-10+. The maximum atomic E-state index is 12.7. The number of amides is 1. The number of nitrogens with one attached hydrogen (secondary N) is 1. The Morgan fingerprint density at radius 2 is 1.75 bits per heavy atom. The van der Waals surface area contributed by atoms with Gasteiger partial charge in [-0.15, -0.1) is 0 Å². The van der Waals surface area contributed by atoms with Crippen LogP contribution in [0.3, 0.4) is 0 Å². The van der Waals surface area contributed by atoms with E-state index in [-0.39, 0.29) is 5.57 Å². The lowest BCUT2D eigenvalue weighted by Gasteiger charge is -2.11. The van der Waals surface area contributed by atoms with Crippen LogP contribution in [0.4, 0.5) is 5.69 Å². The Morgan fingerprint density at radius 3 is 2.34 bits per heavy atom. The van der Waals surface area contributed by atoms with Gasteiger partial charge in [-0.25, -0.2) is 0 Å². The number of ether oxygens (including phenoxy) is 1. The van der Waals surface area contributed by atoms with Gasteiger partial charge in [0.2, 0.25) is 0 Å². The largest absolute Gasteiger partial charge is 0.487 e. The van der Waals surface area contributed by atoms with Crippen LogP contribution in [0.2, 0.25) is 10.0 Å². The number of halogens is 4. The van der Waals surface area contributed by atoms with Gasteiger partial charge in [0, 0.05) is 14.0 Å². The van der Waals surface area contributed by atoms with Crippen LogP contribution in [-0.4, -0.2) is 5.91 Å². The zero-order chi connectivity index (χ0) is 23.3. The van der Waals surface area contributed by atoms with Crippen molar-refractivity contribution in [1.29, 1.82) is 5.26 Å². The lowest BCUT2D eigenvalue weighted by atomic mass is 10.1. The predicted molar refractivity (Wildman–Crippen MR) is 136 cm³/mol. The number of aryl methyl sites for hydroxylation is 1. The molecule has 0 saturated heterocycles. The van der Waals surface area contributed by atoms with Crippen molar-refractivity contribution in [2.45, 2.75) is 13.5 Å². The predicted octanol–water partition coefficient (Wildman–Crippen LogP) is 7.95. The molecule has 0 aliphatic carbocycles. The summed E-state index contributed by atoms with van der Waals surface area (Å²) in [5.74, 6) is -0.0359. The SMILES string of the molecule is Cc1cc(Br)c(NC(=O)/C(C#N)=C/c2ccc(OCc3ccc(Cl)cc3)c(Cl)c2)c(Br)c1. The number of carbonyl (C=O) groups excluding carboxylic acids is 1. The molecule has 0 aromatic heterocycles. The van der Waals surface area contributed by atoms with Crippen molar-refractivity contribution in [3.8, 4) is 11.8 Å². The zero-order valence-electron chi connectivity index (χ0n) is 16.8. The summed E-state index contributed by atoms with van der Waals surface area (Å²) in [7, 11) is 0. The molecule has 3 rings (SSSR count). The normalized spacial score (nSPS) is 11.1. The first-order chi connectivity index (χ1) is 15.3. The number of rotatable bonds is 6. The average molecular weight is 595 g/mol. The van der Waals surface area contributed by atoms with Crippen LogP contribution in [0.5, 0.6) is 5.75 Å². The molecule has 4 nitrogen and oxygen atoms in total. The van der Waals surface area contributed by atoms with Crippen molar-refractivity contribution in [1.82, 2.24) is 0 Å². The molecule has 0 heterocycles. The Hall–Kier alpha value is -2.30. The fraction of sp³-hybridized carbons (Fsp3) is 0.0833. The topological polar surface area (TPSA) is 62.1 Å². The van der Waals surface area contributed by atoms with Gasteiger partial charge in [0.05, 0.1) is 10.7 Å². The highest BCUT2D eigenvalue weighted by Gasteiger charge is 2.14. The van der Waals surface area contributed by atoms with E-state index in [0.717, 1.165) is 11.1 Å². The summed E-state index contributed by atoms with van der Waals surface area (Å²) in [6, 6.07) is 18.1. The minimum atomic E-state index is -0.531. The van der Waals surface area contributed by atoms with Gasteiger partial charge < -0.3 is 10.1 Å². The van der Waals surface area contributed by atoms with E-state index in [1.165, 1.54) is 6.08 Å². The maximum Gasteiger partial charge on any atom is 0.266 e. The van der Waals surface area contributed by atoms with E-state index >= 15 is 0 Å². The molecule has 0 unspecified atom stereocenters. The lowest BCUT2D eigenvalue weighted by Crippen LogP contribution is -2.14. The quantitative estimate of drug-likeness (QED) is 0.233. The second kappa shape index (κ2) is 11.0. The van der Waals surface area contributed by atoms with Crippen molar-refractivity contribution in [3.63, 3.8) is 0 Å². The summed E-state index contributed by atoms with van der Waals surface area (Å²) in [4.78, 5) is 12.7. The summed E-state index contributed by atoms with van der Waals surface area (Å²) in [5.41, 5.74) is 3.06. The fourth-order valence-electron chi connectivity index (χ4n) is 2.78. The molecular weight excluding hydrogens is 579 g/mol. The van der Waals surface area contributed by atoms with Crippen molar-refractivity contribution >= 4 is 72.7 Å². The van der Waals surface area contributed by atoms with Gasteiger partial charge >= 0.3 is 0 Å². The first-order valence-corrected chi connectivity index (χ1v) is 11.7. The number of benzene rings is 3. The molecule has 3 aromatic rings.